The zero-order valence-corrected chi connectivity index (χ0v) is 13.0. The molecule has 1 saturated heterocycles. The van der Waals surface area contributed by atoms with Crippen LogP contribution in [0.5, 0.6) is 5.75 Å². The van der Waals surface area contributed by atoms with E-state index in [2.05, 4.69) is 16.1 Å². The number of rotatable bonds is 5. The molecule has 0 radical (unpaired) electrons. The molecule has 128 valence electrons. The predicted molar refractivity (Wildman–Crippen MR) is 80.5 cm³/mol. The van der Waals surface area contributed by atoms with Gasteiger partial charge in [0.25, 0.3) is 0 Å². The number of halogens is 2. The molecule has 1 aliphatic carbocycles. The summed E-state index contributed by atoms with van der Waals surface area (Å²) in [7, 11) is 0. The van der Waals surface area contributed by atoms with Crippen LogP contribution < -0.4 is 10.1 Å². The first-order chi connectivity index (χ1) is 11.5. The van der Waals surface area contributed by atoms with E-state index in [0.717, 1.165) is 12.0 Å². The Hall–Kier alpha value is -2.20. The Balaban J connectivity index is 1.57. The maximum atomic E-state index is 12.5. The lowest BCUT2D eigenvalue weighted by Crippen LogP contribution is -2.44. The highest BCUT2D eigenvalue weighted by atomic mass is 19.3. The molecule has 0 unspecified atom stereocenters. The second kappa shape index (κ2) is 6.73. The molecule has 2 fully saturated rings. The molecule has 7 heteroatoms. The van der Waals surface area contributed by atoms with Crippen LogP contribution in [0.3, 0.4) is 0 Å². The Morgan fingerprint density at radius 3 is 2.58 bits per heavy atom. The number of carbonyl (C=O) groups is 1. The van der Waals surface area contributed by atoms with Crippen LogP contribution in [0, 0.1) is 16.7 Å². The van der Waals surface area contributed by atoms with Gasteiger partial charge in [-0.05, 0) is 37.0 Å². The monoisotopic (exact) mass is 336 g/mol. The molecule has 1 aromatic carbocycles. The van der Waals surface area contributed by atoms with Gasteiger partial charge in [0.2, 0.25) is 5.91 Å². The third-order valence-corrected chi connectivity index (χ3v) is 4.64. The van der Waals surface area contributed by atoms with Crippen LogP contribution in [0.4, 0.5) is 8.78 Å². The van der Waals surface area contributed by atoms with Crippen LogP contribution in [0.1, 0.15) is 30.7 Å². The SMILES string of the molecule is N#CC1(C(=O)N[C@@H]2C[C@H]2c2ccc(OC(F)F)cc2)CCOCC1. The molecule has 1 amide bonds. The third-order valence-electron chi connectivity index (χ3n) is 4.64. The van der Waals surface area contributed by atoms with Crippen molar-refractivity contribution in [1.29, 1.82) is 5.26 Å². The van der Waals surface area contributed by atoms with Crippen LogP contribution in [-0.4, -0.2) is 31.8 Å². The van der Waals surface area contributed by atoms with Gasteiger partial charge in [0.05, 0.1) is 6.07 Å². The van der Waals surface area contributed by atoms with E-state index in [1.54, 1.807) is 12.1 Å². The number of ether oxygens (including phenoxy) is 2. The van der Waals surface area contributed by atoms with Gasteiger partial charge in [-0.15, -0.1) is 0 Å². The highest BCUT2D eigenvalue weighted by Crippen LogP contribution is 2.42. The number of carbonyl (C=O) groups excluding carboxylic acids is 1. The fourth-order valence-corrected chi connectivity index (χ4v) is 3.04. The third kappa shape index (κ3) is 3.49. The molecule has 1 saturated carbocycles. The minimum atomic E-state index is -2.84. The van der Waals surface area contributed by atoms with E-state index < -0.39 is 12.0 Å². The van der Waals surface area contributed by atoms with E-state index in [1.807, 2.05) is 0 Å². The summed E-state index contributed by atoms with van der Waals surface area (Å²) < 4.78 is 33.8. The molecule has 1 aliphatic heterocycles. The first-order valence-electron chi connectivity index (χ1n) is 7.89. The average Bonchev–Trinajstić information content (AvgIpc) is 3.34. The van der Waals surface area contributed by atoms with Gasteiger partial charge < -0.3 is 14.8 Å². The Labute approximate surface area is 138 Å². The number of nitrogens with one attached hydrogen (secondary N) is 1. The Kier molecular flexibility index (Phi) is 4.67. The number of nitriles is 1. The molecule has 2 atom stereocenters. The van der Waals surface area contributed by atoms with E-state index >= 15 is 0 Å². The van der Waals surface area contributed by atoms with E-state index in [-0.39, 0.29) is 23.6 Å². The molecule has 1 N–H and O–H groups in total. The van der Waals surface area contributed by atoms with Crippen molar-refractivity contribution >= 4 is 5.91 Å². The molecule has 3 rings (SSSR count). The van der Waals surface area contributed by atoms with Gasteiger partial charge in [-0.3, -0.25) is 4.79 Å². The van der Waals surface area contributed by atoms with Gasteiger partial charge in [-0.1, -0.05) is 12.1 Å². The van der Waals surface area contributed by atoms with Crippen molar-refractivity contribution in [3.8, 4) is 11.8 Å². The number of hydrogen-bond donors (Lipinski definition) is 1. The van der Waals surface area contributed by atoms with Crippen molar-refractivity contribution in [2.45, 2.75) is 37.8 Å². The lowest BCUT2D eigenvalue weighted by atomic mass is 9.81. The first-order valence-corrected chi connectivity index (χ1v) is 7.89. The van der Waals surface area contributed by atoms with Gasteiger partial charge in [-0.25, -0.2) is 0 Å². The smallest absolute Gasteiger partial charge is 0.387 e. The molecule has 24 heavy (non-hydrogen) atoms. The second-order valence-electron chi connectivity index (χ2n) is 6.18. The van der Waals surface area contributed by atoms with Crippen LogP contribution in [-0.2, 0) is 9.53 Å². The van der Waals surface area contributed by atoms with Crippen LogP contribution >= 0.6 is 0 Å². The summed E-state index contributed by atoms with van der Waals surface area (Å²) in [5.74, 6) is 0.0178. The van der Waals surface area contributed by atoms with Gasteiger partial charge in [0, 0.05) is 25.2 Å². The molecule has 5 nitrogen and oxygen atoms in total. The molecule has 0 bridgehead atoms. The molecule has 0 aromatic heterocycles. The summed E-state index contributed by atoms with van der Waals surface area (Å²) in [6.45, 7) is -2.01. The van der Waals surface area contributed by atoms with E-state index in [9.17, 15) is 18.8 Å². The Bertz CT molecular complexity index is 636. The maximum Gasteiger partial charge on any atom is 0.387 e. The molecule has 0 spiro atoms. The normalized spacial score (nSPS) is 24.9. The van der Waals surface area contributed by atoms with Gasteiger partial charge >= 0.3 is 6.61 Å². The molecule has 1 heterocycles. The largest absolute Gasteiger partial charge is 0.435 e. The van der Waals surface area contributed by atoms with Crippen LogP contribution in [0.15, 0.2) is 24.3 Å². The summed E-state index contributed by atoms with van der Waals surface area (Å²) in [6.07, 6.45) is 1.59. The number of hydrogen-bond acceptors (Lipinski definition) is 4. The van der Waals surface area contributed by atoms with Crippen LogP contribution in [0.2, 0.25) is 0 Å². The Morgan fingerprint density at radius 1 is 1.33 bits per heavy atom. The molecular formula is C17H18F2N2O3. The highest BCUT2D eigenvalue weighted by Gasteiger charge is 2.46. The topological polar surface area (TPSA) is 71.4 Å². The minimum Gasteiger partial charge on any atom is -0.435 e. The standard InChI is InChI=1S/C17H18F2N2O3/c18-16(19)24-12-3-1-11(2-4-12)13-9-14(13)21-15(22)17(10-20)5-7-23-8-6-17/h1-4,13-14,16H,5-9H2,(H,21,22)/t13-,14+/m0/s1. The lowest BCUT2D eigenvalue weighted by Gasteiger charge is -2.29. The number of alkyl halides is 2. The number of nitrogens with zero attached hydrogens (tertiary/aromatic N) is 1. The van der Waals surface area contributed by atoms with E-state index in [4.69, 9.17) is 4.74 Å². The van der Waals surface area contributed by atoms with Gasteiger partial charge in [-0.2, -0.15) is 14.0 Å². The number of benzene rings is 1. The quantitative estimate of drug-likeness (QED) is 0.897. The van der Waals surface area contributed by atoms with Crippen molar-refractivity contribution < 1.29 is 23.0 Å². The van der Waals surface area contributed by atoms with E-state index in [0.29, 0.717) is 26.1 Å². The van der Waals surface area contributed by atoms with Crippen molar-refractivity contribution in [3.63, 3.8) is 0 Å². The fraction of sp³-hybridized carbons (Fsp3) is 0.529. The summed E-state index contributed by atoms with van der Waals surface area (Å²) in [6, 6.07) is 8.57. The van der Waals surface area contributed by atoms with Crippen molar-refractivity contribution in [3.05, 3.63) is 29.8 Å². The van der Waals surface area contributed by atoms with Crippen molar-refractivity contribution in [2.24, 2.45) is 5.41 Å². The van der Waals surface area contributed by atoms with E-state index in [1.165, 1.54) is 12.1 Å². The minimum absolute atomic E-state index is 0.0209. The summed E-state index contributed by atoms with van der Waals surface area (Å²) >= 11 is 0. The summed E-state index contributed by atoms with van der Waals surface area (Å²) in [5.41, 5.74) is -0.0414. The van der Waals surface area contributed by atoms with Crippen molar-refractivity contribution in [2.75, 3.05) is 13.2 Å². The second-order valence-corrected chi connectivity index (χ2v) is 6.18. The van der Waals surface area contributed by atoms with Gasteiger partial charge in [0.15, 0.2) is 0 Å². The predicted octanol–water partition coefficient (Wildman–Crippen LogP) is 2.58. The zero-order valence-electron chi connectivity index (χ0n) is 13.0. The summed E-state index contributed by atoms with van der Waals surface area (Å²) in [5, 5.41) is 12.3. The highest BCUT2D eigenvalue weighted by molar-refractivity contribution is 5.86. The molecule has 2 aliphatic rings. The van der Waals surface area contributed by atoms with Crippen LogP contribution in [0.25, 0.3) is 0 Å². The van der Waals surface area contributed by atoms with Gasteiger partial charge in [0.1, 0.15) is 11.2 Å². The fourth-order valence-electron chi connectivity index (χ4n) is 3.04. The molecular weight excluding hydrogens is 318 g/mol. The van der Waals surface area contributed by atoms with Crippen molar-refractivity contribution in [1.82, 2.24) is 5.32 Å². The lowest BCUT2D eigenvalue weighted by molar-refractivity contribution is -0.132. The first kappa shape index (κ1) is 16.7. The Morgan fingerprint density at radius 2 is 2.00 bits per heavy atom. The number of amides is 1. The summed E-state index contributed by atoms with van der Waals surface area (Å²) in [4.78, 5) is 12.5. The maximum absolute atomic E-state index is 12.5. The zero-order chi connectivity index (χ0) is 17.2. The average molecular weight is 336 g/mol. The molecule has 1 aromatic rings.